The highest BCUT2D eigenvalue weighted by Gasteiger charge is 2.19. The predicted octanol–water partition coefficient (Wildman–Crippen LogP) is 2.11. The standard InChI is InChI=1S/C9H16O/c1-2-4-9(10)7-8-5-3-6-8/h2,8-10H,1,3-7H2. The molecule has 0 bridgehead atoms. The molecule has 0 spiro atoms. The second kappa shape index (κ2) is 3.77. The van der Waals surface area contributed by atoms with Crippen LogP contribution in [0.15, 0.2) is 12.7 Å². The van der Waals surface area contributed by atoms with Gasteiger partial charge >= 0.3 is 0 Å². The highest BCUT2D eigenvalue weighted by Crippen LogP contribution is 2.30. The Morgan fingerprint density at radius 3 is 2.70 bits per heavy atom. The van der Waals surface area contributed by atoms with Gasteiger partial charge in [0.2, 0.25) is 0 Å². The molecule has 0 amide bonds. The Morgan fingerprint density at radius 2 is 2.30 bits per heavy atom. The van der Waals surface area contributed by atoms with E-state index in [9.17, 15) is 5.11 Å². The largest absolute Gasteiger partial charge is 0.393 e. The van der Waals surface area contributed by atoms with E-state index in [0.29, 0.717) is 0 Å². The van der Waals surface area contributed by atoms with Gasteiger partial charge in [0.1, 0.15) is 0 Å². The maximum absolute atomic E-state index is 9.31. The first kappa shape index (κ1) is 7.80. The summed E-state index contributed by atoms with van der Waals surface area (Å²) < 4.78 is 0. The van der Waals surface area contributed by atoms with Gasteiger partial charge in [-0.15, -0.1) is 6.58 Å². The van der Waals surface area contributed by atoms with Crippen molar-refractivity contribution >= 4 is 0 Å². The Hall–Kier alpha value is -0.300. The van der Waals surface area contributed by atoms with Crippen molar-refractivity contribution in [2.24, 2.45) is 5.92 Å². The third-order valence-corrected chi connectivity index (χ3v) is 2.27. The summed E-state index contributed by atoms with van der Waals surface area (Å²) in [6.07, 6.45) is 7.45. The molecule has 1 fully saturated rings. The van der Waals surface area contributed by atoms with Crippen LogP contribution in [-0.2, 0) is 0 Å². The smallest absolute Gasteiger partial charge is 0.0577 e. The van der Waals surface area contributed by atoms with E-state index in [0.717, 1.165) is 18.8 Å². The van der Waals surface area contributed by atoms with Crippen molar-refractivity contribution < 1.29 is 5.11 Å². The molecule has 1 heteroatoms. The van der Waals surface area contributed by atoms with E-state index < -0.39 is 0 Å². The second-order valence-electron chi connectivity index (χ2n) is 3.21. The summed E-state index contributed by atoms with van der Waals surface area (Å²) in [6.45, 7) is 3.59. The Kier molecular flexibility index (Phi) is 2.94. The van der Waals surface area contributed by atoms with Crippen molar-refractivity contribution in [3.63, 3.8) is 0 Å². The molecule has 0 heterocycles. The minimum atomic E-state index is -0.122. The summed E-state index contributed by atoms with van der Waals surface area (Å²) >= 11 is 0. The van der Waals surface area contributed by atoms with Crippen LogP contribution in [0.4, 0.5) is 0 Å². The maximum atomic E-state index is 9.31. The molecule has 1 atom stereocenters. The second-order valence-corrected chi connectivity index (χ2v) is 3.21. The first-order valence-corrected chi connectivity index (χ1v) is 4.12. The van der Waals surface area contributed by atoms with Gasteiger partial charge in [-0.1, -0.05) is 25.3 Å². The number of hydrogen-bond acceptors (Lipinski definition) is 1. The average Bonchev–Trinajstić information content (AvgIpc) is 1.80. The highest BCUT2D eigenvalue weighted by atomic mass is 16.3. The van der Waals surface area contributed by atoms with Crippen molar-refractivity contribution in [1.82, 2.24) is 0 Å². The van der Waals surface area contributed by atoms with Crippen molar-refractivity contribution in [3.05, 3.63) is 12.7 Å². The van der Waals surface area contributed by atoms with Crippen LogP contribution in [0.5, 0.6) is 0 Å². The fourth-order valence-electron chi connectivity index (χ4n) is 1.40. The van der Waals surface area contributed by atoms with Crippen LogP contribution < -0.4 is 0 Å². The Morgan fingerprint density at radius 1 is 1.60 bits per heavy atom. The topological polar surface area (TPSA) is 20.2 Å². The van der Waals surface area contributed by atoms with Gasteiger partial charge in [0.05, 0.1) is 6.10 Å². The van der Waals surface area contributed by atoms with Gasteiger partial charge < -0.3 is 5.11 Å². The van der Waals surface area contributed by atoms with Crippen molar-refractivity contribution in [2.45, 2.75) is 38.2 Å². The number of aliphatic hydroxyl groups is 1. The number of hydrogen-bond donors (Lipinski definition) is 1. The number of aliphatic hydroxyl groups excluding tert-OH is 1. The molecule has 1 N–H and O–H groups in total. The van der Waals surface area contributed by atoms with E-state index in [1.54, 1.807) is 6.08 Å². The zero-order valence-electron chi connectivity index (χ0n) is 6.42. The molecule has 1 saturated carbocycles. The molecule has 1 rings (SSSR count). The van der Waals surface area contributed by atoms with Crippen LogP contribution in [0.2, 0.25) is 0 Å². The lowest BCUT2D eigenvalue weighted by molar-refractivity contribution is 0.120. The van der Waals surface area contributed by atoms with Gasteiger partial charge in [-0.05, 0) is 18.8 Å². The molecular formula is C9H16O. The lowest BCUT2D eigenvalue weighted by Crippen LogP contribution is -2.18. The quantitative estimate of drug-likeness (QED) is 0.593. The van der Waals surface area contributed by atoms with Crippen LogP contribution in [0.25, 0.3) is 0 Å². The molecule has 0 aromatic carbocycles. The normalized spacial score (nSPS) is 21.7. The average molecular weight is 140 g/mol. The summed E-state index contributed by atoms with van der Waals surface area (Å²) in [5.74, 6) is 0.815. The van der Waals surface area contributed by atoms with E-state index in [1.165, 1.54) is 19.3 Å². The van der Waals surface area contributed by atoms with Gasteiger partial charge in [0.15, 0.2) is 0 Å². The fourth-order valence-corrected chi connectivity index (χ4v) is 1.40. The summed E-state index contributed by atoms with van der Waals surface area (Å²) in [5.41, 5.74) is 0. The number of rotatable bonds is 4. The third-order valence-electron chi connectivity index (χ3n) is 2.27. The molecule has 58 valence electrons. The predicted molar refractivity (Wildman–Crippen MR) is 42.8 cm³/mol. The molecule has 0 radical (unpaired) electrons. The van der Waals surface area contributed by atoms with Crippen LogP contribution in [-0.4, -0.2) is 11.2 Å². The molecule has 1 nitrogen and oxygen atoms in total. The first-order chi connectivity index (χ1) is 4.83. The van der Waals surface area contributed by atoms with E-state index >= 15 is 0 Å². The molecule has 1 unspecified atom stereocenters. The molecule has 0 aliphatic heterocycles. The molecule has 1 aliphatic rings. The molecule has 0 aromatic heterocycles. The zero-order chi connectivity index (χ0) is 7.40. The molecular weight excluding hydrogens is 124 g/mol. The lowest BCUT2D eigenvalue weighted by Gasteiger charge is -2.27. The Labute approximate surface area is 62.8 Å². The van der Waals surface area contributed by atoms with Gasteiger partial charge in [-0.2, -0.15) is 0 Å². The summed E-state index contributed by atoms with van der Waals surface area (Å²) in [7, 11) is 0. The highest BCUT2D eigenvalue weighted by molar-refractivity contribution is 4.77. The van der Waals surface area contributed by atoms with Crippen LogP contribution in [0.1, 0.15) is 32.1 Å². The molecule has 0 aromatic rings. The van der Waals surface area contributed by atoms with Crippen LogP contribution in [0, 0.1) is 5.92 Å². The van der Waals surface area contributed by atoms with E-state index in [-0.39, 0.29) is 6.10 Å². The van der Waals surface area contributed by atoms with Gasteiger partial charge in [-0.3, -0.25) is 0 Å². The third kappa shape index (κ3) is 2.14. The van der Waals surface area contributed by atoms with E-state index in [1.807, 2.05) is 0 Å². The van der Waals surface area contributed by atoms with Gasteiger partial charge in [0.25, 0.3) is 0 Å². The summed E-state index contributed by atoms with van der Waals surface area (Å²) in [4.78, 5) is 0. The van der Waals surface area contributed by atoms with Gasteiger partial charge in [0, 0.05) is 0 Å². The summed E-state index contributed by atoms with van der Waals surface area (Å²) in [5, 5.41) is 9.31. The van der Waals surface area contributed by atoms with Crippen molar-refractivity contribution in [3.8, 4) is 0 Å². The SMILES string of the molecule is C=CCC(O)CC1CCC1. The Balaban J connectivity index is 2.04. The monoisotopic (exact) mass is 140 g/mol. The molecule has 10 heavy (non-hydrogen) atoms. The lowest BCUT2D eigenvalue weighted by atomic mass is 9.81. The minimum absolute atomic E-state index is 0.122. The van der Waals surface area contributed by atoms with Crippen LogP contribution in [0.3, 0.4) is 0 Å². The van der Waals surface area contributed by atoms with Crippen molar-refractivity contribution in [1.29, 1.82) is 0 Å². The maximum Gasteiger partial charge on any atom is 0.0577 e. The van der Waals surface area contributed by atoms with Crippen molar-refractivity contribution in [2.75, 3.05) is 0 Å². The fraction of sp³-hybridized carbons (Fsp3) is 0.778. The van der Waals surface area contributed by atoms with E-state index in [4.69, 9.17) is 0 Å². The van der Waals surface area contributed by atoms with E-state index in [2.05, 4.69) is 6.58 Å². The first-order valence-electron chi connectivity index (χ1n) is 4.12. The van der Waals surface area contributed by atoms with Gasteiger partial charge in [-0.25, -0.2) is 0 Å². The van der Waals surface area contributed by atoms with Crippen LogP contribution >= 0.6 is 0 Å². The molecule has 1 aliphatic carbocycles. The minimum Gasteiger partial charge on any atom is -0.393 e. The zero-order valence-corrected chi connectivity index (χ0v) is 6.42. The molecule has 0 saturated heterocycles. The summed E-state index contributed by atoms with van der Waals surface area (Å²) in [6, 6.07) is 0. The Bertz CT molecular complexity index is 105.